The van der Waals surface area contributed by atoms with Crippen LogP contribution in [0, 0.1) is 26.6 Å². The predicted octanol–water partition coefficient (Wildman–Crippen LogP) is 4.25. The second kappa shape index (κ2) is 6.19. The number of likely N-dealkylation sites (N-methyl/N-ethyl adjacent to an activating group) is 1. The minimum atomic E-state index is -0.165. The molecule has 1 N–H and O–H groups in total. The van der Waals surface area contributed by atoms with Crippen LogP contribution in [0.2, 0.25) is 0 Å². The Morgan fingerprint density at radius 3 is 2.50 bits per heavy atom. The van der Waals surface area contributed by atoms with Gasteiger partial charge in [-0.3, -0.25) is 0 Å². The predicted molar refractivity (Wildman–Crippen MR) is 82.6 cm³/mol. The van der Waals surface area contributed by atoms with E-state index in [0.29, 0.717) is 0 Å². The Morgan fingerprint density at radius 2 is 1.80 bits per heavy atom. The number of nitrogens with one attached hydrogen (secondary N) is 1. The van der Waals surface area contributed by atoms with Crippen molar-refractivity contribution in [2.24, 2.45) is 0 Å². The van der Waals surface area contributed by atoms with E-state index < -0.39 is 0 Å². The van der Waals surface area contributed by atoms with E-state index in [1.807, 2.05) is 20.0 Å². The number of rotatable bonds is 4. The van der Waals surface area contributed by atoms with Crippen molar-refractivity contribution in [3.8, 4) is 0 Å². The largest absolute Gasteiger partial charge is 0.313 e. The molecular weight excluding hydrogens is 249 g/mol. The molecule has 0 radical (unpaired) electrons. The Labute approximate surface area is 120 Å². The van der Waals surface area contributed by atoms with Crippen LogP contribution in [0.3, 0.4) is 0 Å². The van der Waals surface area contributed by atoms with Gasteiger partial charge in [0.05, 0.1) is 0 Å². The molecule has 0 amide bonds. The molecular formula is C18H22FN. The third-order valence-electron chi connectivity index (χ3n) is 4.11. The summed E-state index contributed by atoms with van der Waals surface area (Å²) in [6.07, 6.45) is 0.796. The van der Waals surface area contributed by atoms with E-state index in [-0.39, 0.29) is 11.9 Å². The normalized spacial score (nSPS) is 12.4. The number of benzene rings is 2. The molecule has 0 bridgehead atoms. The van der Waals surface area contributed by atoms with Gasteiger partial charge in [-0.1, -0.05) is 24.3 Å². The fourth-order valence-corrected chi connectivity index (χ4v) is 2.60. The first kappa shape index (κ1) is 14.7. The molecule has 2 heteroatoms. The van der Waals surface area contributed by atoms with Gasteiger partial charge in [0.25, 0.3) is 0 Å². The highest BCUT2D eigenvalue weighted by Gasteiger charge is 2.14. The van der Waals surface area contributed by atoms with Gasteiger partial charge < -0.3 is 5.32 Å². The van der Waals surface area contributed by atoms with E-state index in [9.17, 15) is 4.39 Å². The number of halogens is 1. The SMILES string of the molecule is CNC(Cc1cc(F)ccc1C)c1cccc(C)c1C. The lowest BCUT2D eigenvalue weighted by Gasteiger charge is -2.21. The van der Waals surface area contributed by atoms with Crippen LogP contribution in [0.5, 0.6) is 0 Å². The van der Waals surface area contributed by atoms with Crippen LogP contribution < -0.4 is 5.32 Å². The molecule has 0 fully saturated rings. The maximum Gasteiger partial charge on any atom is 0.123 e. The molecule has 20 heavy (non-hydrogen) atoms. The van der Waals surface area contributed by atoms with Gasteiger partial charge in [0.2, 0.25) is 0 Å². The number of hydrogen-bond donors (Lipinski definition) is 1. The van der Waals surface area contributed by atoms with Gasteiger partial charge in [-0.05, 0) is 74.2 Å². The molecule has 1 atom stereocenters. The summed E-state index contributed by atoms with van der Waals surface area (Å²) in [7, 11) is 1.96. The first-order valence-electron chi connectivity index (χ1n) is 7.01. The van der Waals surface area contributed by atoms with Crippen molar-refractivity contribution in [1.82, 2.24) is 5.32 Å². The Bertz CT molecular complexity index is 604. The van der Waals surface area contributed by atoms with Crippen molar-refractivity contribution in [2.75, 3.05) is 7.05 Å². The minimum Gasteiger partial charge on any atom is -0.313 e. The van der Waals surface area contributed by atoms with Crippen molar-refractivity contribution in [3.05, 3.63) is 70.0 Å². The average Bonchev–Trinajstić information content (AvgIpc) is 2.43. The van der Waals surface area contributed by atoms with Gasteiger partial charge in [-0.2, -0.15) is 0 Å². The standard InChI is InChI=1S/C18H22FN/c1-12-6-5-7-17(14(12)3)18(20-4)11-15-10-16(19)9-8-13(15)2/h5-10,18,20H,11H2,1-4H3. The van der Waals surface area contributed by atoms with Crippen LogP contribution in [0.15, 0.2) is 36.4 Å². The monoisotopic (exact) mass is 271 g/mol. The molecule has 0 spiro atoms. The molecule has 0 aliphatic rings. The van der Waals surface area contributed by atoms with Crippen molar-refractivity contribution in [1.29, 1.82) is 0 Å². The Hall–Kier alpha value is -1.67. The first-order chi connectivity index (χ1) is 9.52. The summed E-state index contributed by atoms with van der Waals surface area (Å²) >= 11 is 0. The van der Waals surface area contributed by atoms with Gasteiger partial charge in [0.1, 0.15) is 5.82 Å². The fraction of sp³-hybridized carbons (Fsp3) is 0.333. The van der Waals surface area contributed by atoms with Crippen molar-refractivity contribution in [2.45, 2.75) is 33.2 Å². The fourth-order valence-electron chi connectivity index (χ4n) is 2.60. The summed E-state index contributed by atoms with van der Waals surface area (Å²) in [5.41, 5.74) is 6.08. The quantitative estimate of drug-likeness (QED) is 0.876. The summed E-state index contributed by atoms with van der Waals surface area (Å²) in [6.45, 7) is 6.30. The van der Waals surface area contributed by atoms with E-state index >= 15 is 0 Å². The van der Waals surface area contributed by atoms with Crippen molar-refractivity contribution in [3.63, 3.8) is 0 Å². The van der Waals surface area contributed by atoms with Crippen LogP contribution in [0.25, 0.3) is 0 Å². The van der Waals surface area contributed by atoms with E-state index in [1.54, 1.807) is 6.07 Å². The minimum absolute atomic E-state index is 0.165. The third kappa shape index (κ3) is 3.07. The van der Waals surface area contributed by atoms with Crippen LogP contribution >= 0.6 is 0 Å². The van der Waals surface area contributed by atoms with Crippen LogP contribution in [-0.2, 0) is 6.42 Å². The van der Waals surface area contributed by atoms with Crippen molar-refractivity contribution < 1.29 is 4.39 Å². The highest BCUT2D eigenvalue weighted by Crippen LogP contribution is 2.25. The average molecular weight is 271 g/mol. The highest BCUT2D eigenvalue weighted by molar-refractivity contribution is 5.37. The van der Waals surface area contributed by atoms with Gasteiger partial charge in [-0.25, -0.2) is 4.39 Å². The van der Waals surface area contributed by atoms with E-state index in [1.165, 1.54) is 22.8 Å². The first-order valence-corrected chi connectivity index (χ1v) is 7.01. The molecule has 0 aliphatic carbocycles. The van der Waals surface area contributed by atoms with Gasteiger partial charge >= 0.3 is 0 Å². The van der Waals surface area contributed by atoms with Crippen LogP contribution in [-0.4, -0.2) is 7.05 Å². The second-order valence-electron chi connectivity index (χ2n) is 5.41. The Balaban J connectivity index is 2.34. The Kier molecular flexibility index (Phi) is 4.56. The van der Waals surface area contributed by atoms with E-state index in [0.717, 1.165) is 17.5 Å². The molecule has 1 unspecified atom stereocenters. The zero-order chi connectivity index (χ0) is 14.7. The lowest BCUT2D eigenvalue weighted by molar-refractivity contribution is 0.579. The topological polar surface area (TPSA) is 12.0 Å². The molecule has 0 saturated carbocycles. The zero-order valence-corrected chi connectivity index (χ0v) is 12.6. The van der Waals surface area contributed by atoms with Gasteiger partial charge in [0.15, 0.2) is 0 Å². The summed E-state index contributed by atoms with van der Waals surface area (Å²) in [5.74, 6) is -0.165. The summed E-state index contributed by atoms with van der Waals surface area (Å²) in [6, 6.07) is 11.6. The molecule has 0 heterocycles. The number of aryl methyl sites for hydroxylation is 2. The molecule has 1 nitrogen and oxygen atoms in total. The molecule has 0 saturated heterocycles. The number of hydrogen-bond acceptors (Lipinski definition) is 1. The maximum absolute atomic E-state index is 13.4. The van der Waals surface area contributed by atoms with E-state index in [4.69, 9.17) is 0 Å². The summed E-state index contributed by atoms with van der Waals surface area (Å²) in [5, 5.41) is 3.36. The highest BCUT2D eigenvalue weighted by atomic mass is 19.1. The second-order valence-corrected chi connectivity index (χ2v) is 5.41. The molecule has 2 aromatic rings. The molecule has 2 aromatic carbocycles. The summed E-state index contributed by atoms with van der Waals surface area (Å²) < 4.78 is 13.4. The molecule has 2 rings (SSSR count). The molecule has 0 aromatic heterocycles. The van der Waals surface area contributed by atoms with E-state index in [2.05, 4.69) is 37.4 Å². The zero-order valence-electron chi connectivity index (χ0n) is 12.6. The lowest BCUT2D eigenvalue weighted by Crippen LogP contribution is -2.20. The molecule has 0 aliphatic heterocycles. The maximum atomic E-state index is 13.4. The van der Waals surface area contributed by atoms with Gasteiger partial charge in [-0.15, -0.1) is 0 Å². The molecule has 106 valence electrons. The Morgan fingerprint density at radius 1 is 1.05 bits per heavy atom. The summed E-state index contributed by atoms with van der Waals surface area (Å²) in [4.78, 5) is 0. The smallest absolute Gasteiger partial charge is 0.123 e. The lowest BCUT2D eigenvalue weighted by atomic mass is 9.92. The van der Waals surface area contributed by atoms with Gasteiger partial charge in [0, 0.05) is 6.04 Å². The van der Waals surface area contributed by atoms with Crippen LogP contribution in [0.1, 0.15) is 33.9 Å². The van der Waals surface area contributed by atoms with Crippen LogP contribution in [0.4, 0.5) is 4.39 Å². The third-order valence-corrected chi connectivity index (χ3v) is 4.11. The van der Waals surface area contributed by atoms with Crippen molar-refractivity contribution >= 4 is 0 Å².